The van der Waals surface area contributed by atoms with E-state index in [1.807, 2.05) is 50.7 Å². The number of rotatable bonds is 5. The quantitative estimate of drug-likeness (QED) is 0.888. The number of hydrogen-bond acceptors (Lipinski definition) is 3. The van der Waals surface area contributed by atoms with Crippen LogP contribution in [0.1, 0.15) is 25.0 Å². The number of nitrogens with one attached hydrogen (secondary N) is 2. The Morgan fingerprint density at radius 2 is 2.14 bits per heavy atom. The molecule has 112 valence electrons. The zero-order valence-electron chi connectivity index (χ0n) is 13.0. The molecule has 0 spiro atoms. The van der Waals surface area contributed by atoms with Crippen LogP contribution in [0.25, 0.3) is 0 Å². The van der Waals surface area contributed by atoms with Crippen molar-refractivity contribution in [1.29, 1.82) is 0 Å². The van der Waals surface area contributed by atoms with Crippen LogP contribution in [0.4, 0.5) is 11.4 Å². The Morgan fingerprint density at radius 3 is 2.76 bits per heavy atom. The number of benzene rings is 1. The topological polar surface area (TPSA) is 59.0 Å². The lowest BCUT2D eigenvalue weighted by Crippen LogP contribution is -2.32. The number of carbonyl (C=O) groups is 1. The summed E-state index contributed by atoms with van der Waals surface area (Å²) in [6.07, 6.45) is 3.62. The maximum absolute atomic E-state index is 12.2. The molecule has 0 aliphatic heterocycles. The van der Waals surface area contributed by atoms with E-state index in [9.17, 15) is 4.79 Å². The lowest BCUT2D eigenvalue weighted by atomic mass is 10.1. The van der Waals surface area contributed by atoms with E-state index in [1.54, 1.807) is 6.20 Å². The van der Waals surface area contributed by atoms with E-state index < -0.39 is 0 Å². The van der Waals surface area contributed by atoms with Crippen molar-refractivity contribution in [2.24, 2.45) is 0 Å². The average Bonchev–Trinajstić information content (AvgIpc) is 2.89. The summed E-state index contributed by atoms with van der Waals surface area (Å²) in [7, 11) is 0. The molecule has 0 radical (unpaired) electrons. The van der Waals surface area contributed by atoms with Gasteiger partial charge in [0.15, 0.2) is 0 Å². The van der Waals surface area contributed by atoms with Crippen LogP contribution in [0.3, 0.4) is 0 Å². The van der Waals surface area contributed by atoms with Crippen molar-refractivity contribution < 1.29 is 4.79 Å². The smallest absolute Gasteiger partial charge is 0.246 e. The standard InChI is InChI=1S/C16H22N4O/c1-5-20-10-14(9-17-20)18-13(4)16(21)19-15-7-6-11(2)8-12(15)3/h6-10,13,18H,5H2,1-4H3,(H,19,21). The molecule has 1 atom stereocenters. The molecule has 0 saturated carbocycles. The van der Waals surface area contributed by atoms with E-state index in [1.165, 1.54) is 5.56 Å². The Balaban J connectivity index is 1.99. The third-order valence-electron chi connectivity index (χ3n) is 3.37. The summed E-state index contributed by atoms with van der Waals surface area (Å²) in [5.41, 5.74) is 3.95. The normalized spacial score (nSPS) is 12.0. The lowest BCUT2D eigenvalue weighted by molar-refractivity contribution is -0.116. The maximum Gasteiger partial charge on any atom is 0.246 e. The molecule has 1 heterocycles. The molecule has 0 saturated heterocycles. The fourth-order valence-corrected chi connectivity index (χ4v) is 2.12. The first kappa shape index (κ1) is 15.1. The molecular weight excluding hydrogens is 264 g/mol. The highest BCUT2D eigenvalue weighted by Crippen LogP contribution is 2.16. The van der Waals surface area contributed by atoms with E-state index in [-0.39, 0.29) is 11.9 Å². The monoisotopic (exact) mass is 286 g/mol. The average molecular weight is 286 g/mol. The third kappa shape index (κ3) is 3.84. The van der Waals surface area contributed by atoms with Crippen LogP contribution in [0.5, 0.6) is 0 Å². The van der Waals surface area contributed by atoms with Gasteiger partial charge in [-0.3, -0.25) is 9.48 Å². The van der Waals surface area contributed by atoms with Crippen molar-refractivity contribution in [1.82, 2.24) is 9.78 Å². The number of anilines is 2. The predicted molar refractivity (Wildman–Crippen MR) is 85.5 cm³/mol. The Labute approximate surface area is 125 Å². The minimum absolute atomic E-state index is 0.0637. The number of carbonyl (C=O) groups excluding carboxylic acids is 1. The fraction of sp³-hybridized carbons (Fsp3) is 0.375. The van der Waals surface area contributed by atoms with Crippen molar-refractivity contribution in [3.05, 3.63) is 41.7 Å². The molecule has 21 heavy (non-hydrogen) atoms. The van der Waals surface area contributed by atoms with E-state index >= 15 is 0 Å². The molecular formula is C16H22N4O. The molecule has 2 aromatic rings. The number of aryl methyl sites for hydroxylation is 3. The van der Waals surface area contributed by atoms with Gasteiger partial charge in [0, 0.05) is 18.4 Å². The summed E-state index contributed by atoms with van der Waals surface area (Å²) in [5.74, 6) is -0.0637. The van der Waals surface area contributed by atoms with Crippen LogP contribution < -0.4 is 10.6 Å². The molecule has 1 unspecified atom stereocenters. The SMILES string of the molecule is CCn1cc(NC(C)C(=O)Nc2ccc(C)cc2C)cn1. The fourth-order valence-electron chi connectivity index (χ4n) is 2.12. The van der Waals surface area contributed by atoms with Gasteiger partial charge < -0.3 is 10.6 Å². The highest BCUT2D eigenvalue weighted by atomic mass is 16.2. The summed E-state index contributed by atoms with van der Waals surface area (Å²) in [5, 5.41) is 10.3. The molecule has 5 nitrogen and oxygen atoms in total. The molecule has 1 amide bonds. The van der Waals surface area contributed by atoms with E-state index in [0.29, 0.717) is 0 Å². The van der Waals surface area contributed by atoms with Gasteiger partial charge in [-0.25, -0.2) is 0 Å². The van der Waals surface area contributed by atoms with E-state index in [2.05, 4.69) is 21.8 Å². The van der Waals surface area contributed by atoms with Crippen molar-refractivity contribution in [2.75, 3.05) is 10.6 Å². The van der Waals surface area contributed by atoms with Crippen LogP contribution in [-0.4, -0.2) is 21.7 Å². The summed E-state index contributed by atoms with van der Waals surface area (Å²) >= 11 is 0. The van der Waals surface area contributed by atoms with Crippen LogP contribution in [0, 0.1) is 13.8 Å². The highest BCUT2D eigenvalue weighted by Gasteiger charge is 2.14. The minimum atomic E-state index is -0.333. The van der Waals surface area contributed by atoms with Gasteiger partial charge in [-0.2, -0.15) is 5.10 Å². The predicted octanol–water partition coefficient (Wildman–Crippen LogP) is 2.96. The Kier molecular flexibility index (Phi) is 4.62. The Morgan fingerprint density at radius 1 is 1.38 bits per heavy atom. The van der Waals surface area contributed by atoms with Crippen molar-refractivity contribution in [3.63, 3.8) is 0 Å². The van der Waals surface area contributed by atoms with Crippen LogP contribution in [0.2, 0.25) is 0 Å². The largest absolute Gasteiger partial charge is 0.371 e. The zero-order valence-corrected chi connectivity index (χ0v) is 13.0. The Bertz CT molecular complexity index is 633. The van der Waals surface area contributed by atoms with Crippen LogP contribution in [0.15, 0.2) is 30.6 Å². The van der Waals surface area contributed by atoms with Gasteiger partial charge in [-0.05, 0) is 39.3 Å². The molecule has 1 aromatic carbocycles. The number of nitrogens with zero attached hydrogens (tertiary/aromatic N) is 2. The second-order valence-corrected chi connectivity index (χ2v) is 5.26. The number of aromatic nitrogens is 2. The molecule has 0 fully saturated rings. The van der Waals surface area contributed by atoms with Crippen molar-refractivity contribution in [3.8, 4) is 0 Å². The molecule has 0 aliphatic rings. The summed E-state index contributed by atoms with van der Waals surface area (Å²) in [6.45, 7) is 8.69. The summed E-state index contributed by atoms with van der Waals surface area (Å²) in [6, 6.07) is 5.65. The highest BCUT2D eigenvalue weighted by molar-refractivity contribution is 5.96. The first-order chi connectivity index (χ1) is 9.99. The molecule has 2 N–H and O–H groups in total. The van der Waals surface area contributed by atoms with Crippen molar-refractivity contribution in [2.45, 2.75) is 40.3 Å². The van der Waals surface area contributed by atoms with Crippen LogP contribution in [-0.2, 0) is 11.3 Å². The zero-order chi connectivity index (χ0) is 15.4. The van der Waals surface area contributed by atoms with Gasteiger partial charge in [0.1, 0.15) is 6.04 Å². The summed E-state index contributed by atoms with van der Waals surface area (Å²) < 4.78 is 1.82. The van der Waals surface area contributed by atoms with Gasteiger partial charge >= 0.3 is 0 Å². The first-order valence-electron chi connectivity index (χ1n) is 7.16. The molecule has 5 heteroatoms. The number of amides is 1. The van der Waals surface area contributed by atoms with Gasteiger partial charge in [-0.1, -0.05) is 17.7 Å². The minimum Gasteiger partial charge on any atom is -0.371 e. The van der Waals surface area contributed by atoms with Crippen molar-refractivity contribution >= 4 is 17.3 Å². The molecule has 1 aromatic heterocycles. The maximum atomic E-state index is 12.2. The van der Waals surface area contributed by atoms with Gasteiger partial charge in [0.2, 0.25) is 5.91 Å². The molecule has 0 aliphatic carbocycles. The molecule has 2 rings (SSSR count). The second kappa shape index (κ2) is 6.43. The lowest BCUT2D eigenvalue weighted by Gasteiger charge is -2.15. The summed E-state index contributed by atoms with van der Waals surface area (Å²) in [4.78, 5) is 12.2. The third-order valence-corrected chi connectivity index (χ3v) is 3.37. The number of hydrogen-bond donors (Lipinski definition) is 2. The second-order valence-electron chi connectivity index (χ2n) is 5.26. The first-order valence-corrected chi connectivity index (χ1v) is 7.16. The van der Waals surface area contributed by atoms with Gasteiger partial charge in [-0.15, -0.1) is 0 Å². The molecule has 0 bridgehead atoms. The van der Waals surface area contributed by atoms with E-state index in [4.69, 9.17) is 0 Å². The van der Waals surface area contributed by atoms with E-state index in [0.717, 1.165) is 23.5 Å². The van der Waals surface area contributed by atoms with Gasteiger partial charge in [0.05, 0.1) is 11.9 Å². The Hall–Kier alpha value is -2.30. The van der Waals surface area contributed by atoms with Gasteiger partial charge in [0.25, 0.3) is 0 Å². The van der Waals surface area contributed by atoms with Crippen LogP contribution >= 0.6 is 0 Å².